The largest absolute Gasteiger partial charge is 0.481 e. The number of carboxylic acids is 1. The fraction of sp³-hybridized carbons (Fsp3) is 0.278. The molecule has 6 nitrogen and oxygen atoms in total. The van der Waals surface area contributed by atoms with Gasteiger partial charge in [0.2, 0.25) is 5.88 Å². The molecule has 0 aliphatic heterocycles. The lowest BCUT2D eigenvalue weighted by Gasteiger charge is -2.22. The van der Waals surface area contributed by atoms with Crippen molar-refractivity contribution in [2.45, 2.75) is 20.3 Å². The molecule has 0 radical (unpaired) electrons. The van der Waals surface area contributed by atoms with Gasteiger partial charge in [-0.1, -0.05) is 32.1 Å². The molecule has 24 heavy (non-hydrogen) atoms. The molecule has 0 spiro atoms. The van der Waals surface area contributed by atoms with Gasteiger partial charge in [-0.25, -0.2) is 14.5 Å². The van der Waals surface area contributed by atoms with Gasteiger partial charge in [-0.3, -0.25) is 0 Å². The zero-order chi connectivity index (χ0) is 17.3. The third-order valence-corrected chi connectivity index (χ3v) is 3.96. The number of hydrogen-bond donors (Lipinski definition) is 1. The molecule has 0 amide bonds. The first-order valence-electron chi connectivity index (χ1n) is 7.63. The highest BCUT2D eigenvalue weighted by Crippen LogP contribution is 2.33. The first-order valence-corrected chi connectivity index (χ1v) is 7.63. The summed E-state index contributed by atoms with van der Waals surface area (Å²) in [5.74, 6) is -0.568. The van der Waals surface area contributed by atoms with E-state index < -0.39 is 5.97 Å². The summed E-state index contributed by atoms with van der Waals surface area (Å²) in [4.78, 5) is 15.5. The molecule has 0 atom stereocenters. The van der Waals surface area contributed by atoms with E-state index in [1.165, 1.54) is 0 Å². The van der Waals surface area contributed by atoms with Gasteiger partial charge in [-0.15, -0.1) is 0 Å². The van der Waals surface area contributed by atoms with Gasteiger partial charge < -0.3 is 9.84 Å². The zero-order valence-corrected chi connectivity index (χ0v) is 13.9. The first-order chi connectivity index (χ1) is 11.4. The van der Waals surface area contributed by atoms with Crippen LogP contribution in [0, 0.1) is 5.41 Å². The average Bonchev–Trinajstić information content (AvgIpc) is 3.00. The van der Waals surface area contributed by atoms with Gasteiger partial charge in [0.25, 0.3) is 0 Å². The molecule has 0 saturated heterocycles. The number of pyridine rings is 1. The van der Waals surface area contributed by atoms with Crippen LogP contribution in [0.5, 0.6) is 5.88 Å². The summed E-state index contributed by atoms with van der Waals surface area (Å²) in [6.45, 7) is 4.31. The van der Waals surface area contributed by atoms with Crippen molar-refractivity contribution >= 4 is 11.5 Å². The van der Waals surface area contributed by atoms with Crippen molar-refractivity contribution in [3.63, 3.8) is 0 Å². The number of hydrogen-bond acceptors (Lipinski definition) is 4. The second-order valence-corrected chi connectivity index (χ2v) is 6.38. The molecule has 6 heteroatoms. The van der Waals surface area contributed by atoms with E-state index in [1.807, 2.05) is 6.08 Å². The number of allylic oxidation sites excluding steroid dienone is 4. The molecule has 2 heterocycles. The molecule has 1 aliphatic rings. The maximum absolute atomic E-state index is 11.3. The monoisotopic (exact) mass is 325 g/mol. The molecule has 0 saturated carbocycles. The molecule has 1 aliphatic carbocycles. The average molecular weight is 325 g/mol. The van der Waals surface area contributed by atoms with Crippen molar-refractivity contribution in [2.24, 2.45) is 5.41 Å². The molecular weight excluding hydrogens is 306 g/mol. The topological polar surface area (TPSA) is 77.2 Å². The lowest BCUT2D eigenvalue weighted by molar-refractivity contribution is 0.0690. The fourth-order valence-corrected chi connectivity index (χ4v) is 2.52. The lowest BCUT2D eigenvalue weighted by Crippen LogP contribution is -2.10. The minimum absolute atomic E-state index is 0.0000447. The van der Waals surface area contributed by atoms with Crippen molar-refractivity contribution in [3.05, 3.63) is 54.0 Å². The number of methoxy groups -OCH3 is 1. The minimum atomic E-state index is -1.06. The van der Waals surface area contributed by atoms with E-state index in [1.54, 1.807) is 36.2 Å². The van der Waals surface area contributed by atoms with E-state index in [2.05, 4.69) is 36.1 Å². The quantitative estimate of drug-likeness (QED) is 0.933. The lowest BCUT2D eigenvalue weighted by atomic mass is 9.83. The summed E-state index contributed by atoms with van der Waals surface area (Å²) in [7, 11) is 1.54. The Kier molecular flexibility index (Phi) is 3.97. The number of rotatable bonds is 4. The summed E-state index contributed by atoms with van der Waals surface area (Å²) >= 11 is 0. The molecule has 0 aromatic carbocycles. The summed E-state index contributed by atoms with van der Waals surface area (Å²) in [5.41, 5.74) is 2.46. The summed E-state index contributed by atoms with van der Waals surface area (Å²) < 4.78 is 6.66. The van der Waals surface area contributed by atoms with Gasteiger partial charge in [-0.05, 0) is 29.5 Å². The maximum Gasteiger partial charge on any atom is 0.356 e. The van der Waals surface area contributed by atoms with E-state index in [0.29, 0.717) is 11.6 Å². The summed E-state index contributed by atoms with van der Waals surface area (Å²) in [5, 5.41) is 13.5. The SMILES string of the molecule is COc1ccc(-n2nc(C(=O)O)cc2C2=CCC(C)(C)C=C2)cn1. The highest BCUT2D eigenvalue weighted by Gasteiger charge is 2.21. The van der Waals surface area contributed by atoms with Crippen molar-refractivity contribution in [2.75, 3.05) is 7.11 Å². The van der Waals surface area contributed by atoms with Crippen LogP contribution in [-0.4, -0.2) is 33.0 Å². The Hall–Kier alpha value is -2.89. The van der Waals surface area contributed by atoms with Crippen molar-refractivity contribution < 1.29 is 14.6 Å². The van der Waals surface area contributed by atoms with Gasteiger partial charge in [0.05, 0.1) is 24.7 Å². The minimum Gasteiger partial charge on any atom is -0.481 e. The Morgan fingerprint density at radius 1 is 1.38 bits per heavy atom. The second-order valence-electron chi connectivity index (χ2n) is 6.38. The van der Waals surface area contributed by atoms with Crippen LogP contribution in [0.3, 0.4) is 0 Å². The molecule has 0 fully saturated rings. The number of carbonyl (C=O) groups is 1. The highest BCUT2D eigenvalue weighted by atomic mass is 16.5. The Bertz CT molecular complexity index is 830. The Morgan fingerprint density at radius 2 is 2.17 bits per heavy atom. The maximum atomic E-state index is 11.3. The molecule has 2 aromatic heterocycles. The van der Waals surface area contributed by atoms with Crippen LogP contribution in [0.1, 0.15) is 36.5 Å². The third kappa shape index (κ3) is 3.08. The van der Waals surface area contributed by atoms with Crippen LogP contribution in [0.4, 0.5) is 0 Å². The molecule has 0 bridgehead atoms. The van der Waals surface area contributed by atoms with Crippen molar-refractivity contribution in [3.8, 4) is 11.6 Å². The number of nitrogens with zero attached hydrogens (tertiary/aromatic N) is 3. The fourth-order valence-electron chi connectivity index (χ4n) is 2.52. The van der Waals surface area contributed by atoms with E-state index in [-0.39, 0.29) is 11.1 Å². The van der Waals surface area contributed by atoms with Gasteiger partial charge in [0, 0.05) is 6.07 Å². The van der Waals surface area contributed by atoms with E-state index >= 15 is 0 Å². The number of carboxylic acid groups (broad SMARTS) is 1. The Balaban J connectivity index is 2.07. The normalized spacial score (nSPS) is 15.9. The Morgan fingerprint density at radius 3 is 2.71 bits per heavy atom. The number of aromatic carboxylic acids is 1. The van der Waals surface area contributed by atoms with Gasteiger partial charge in [0.1, 0.15) is 0 Å². The van der Waals surface area contributed by atoms with Crippen molar-refractivity contribution in [1.29, 1.82) is 0 Å². The first kappa shape index (κ1) is 16.0. The van der Waals surface area contributed by atoms with Gasteiger partial charge >= 0.3 is 5.97 Å². The molecule has 124 valence electrons. The summed E-state index contributed by atoms with van der Waals surface area (Å²) in [6.07, 6.45) is 8.74. The van der Waals surface area contributed by atoms with E-state index in [0.717, 1.165) is 17.7 Å². The molecule has 0 unspecified atom stereocenters. The second kappa shape index (κ2) is 5.96. The predicted octanol–water partition coefficient (Wildman–Crippen LogP) is 3.34. The third-order valence-electron chi connectivity index (χ3n) is 3.96. The van der Waals surface area contributed by atoms with Crippen LogP contribution in [0.15, 0.2) is 42.6 Å². The van der Waals surface area contributed by atoms with Crippen LogP contribution >= 0.6 is 0 Å². The zero-order valence-electron chi connectivity index (χ0n) is 13.9. The standard InChI is InChI=1S/C18H19N3O3/c1-18(2)8-6-12(7-9-18)15-10-14(17(22)23)20-21(15)13-4-5-16(24-3)19-11-13/h4-8,10-11H,9H2,1-3H3,(H,22,23). The van der Waals surface area contributed by atoms with Crippen molar-refractivity contribution in [1.82, 2.24) is 14.8 Å². The van der Waals surface area contributed by atoms with E-state index in [4.69, 9.17) is 4.74 Å². The number of aromatic nitrogens is 3. The van der Waals surface area contributed by atoms with Gasteiger partial charge in [-0.2, -0.15) is 5.10 Å². The van der Waals surface area contributed by atoms with Crippen LogP contribution in [0.2, 0.25) is 0 Å². The van der Waals surface area contributed by atoms with Crippen LogP contribution < -0.4 is 4.74 Å². The predicted molar refractivity (Wildman–Crippen MR) is 90.4 cm³/mol. The van der Waals surface area contributed by atoms with Crippen LogP contribution in [0.25, 0.3) is 11.3 Å². The molecule has 2 aromatic rings. The van der Waals surface area contributed by atoms with Gasteiger partial charge in [0.15, 0.2) is 5.69 Å². The Labute approximate surface area is 140 Å². The highest BCUT2D eigenvalue weighted by molar-refractivity contribution is 5.87. The molecule has 3 rings (SSSR count). The smallest absolute Gasteiger partial charge is 0.356 e. The van der Waals surface area contributed by atoms with Crippen LogP contribution in [-0.2, 0) is 0 Å². The molecular formula is C18H19N3O3. The summed E-state index contributed by atoms with van der Waals surface area (Å²) in [6, 6.07) is 5.10. The molecule has 1 N–H and O–H groups in total. The van der Waals surface area contributed by atoms with E-state index in [9.17, 15) is 9.90 Å². The number of ether oxygens (including phenoxy) is 1.